The Morgan fingerprint density at radius 2 is 2.00 bits per heavy atom. The molecular formula is C19H19BrN4O3S. The van der Waals surface area contributed by atoms with E-state index < -0.39 is 15.9 Å². The number of benzene rings is 2. The van der Waals surface area contributed by atoms with Crippen LogP contribution in [0.1, 0.15) is 5.56 Å². The monoisotopic (exact) mass is 462 g/mol. The van der Waals surface area contributed by atoms with E-state index >= 15 is 0 Å². The predicted octanol–water partition coefficient (Wildman–Crippen LogP) is 2.72. The molecule has 0 saturated heterocycles. The summed E-state index contributed by atoms with van der Waals surface area (Å²) < 4.78 is 28.0. The number of amides is 1. The highest BCUT2D eigenvalue weighted by Gasteiger charge is 2.21. The molecule has 0 saturated carbocycles. The molecule has 0 fully saturated rings. The lowest BCUT2D eigenvalue weighted by Crippen LogP contribution is -2.40. The quantitative estimate of drug-likeness (QED) is 0.584. The van der Waals surface area contributed by atoms with Crippen LogP contribution in [-0.2, 0) is 21.4 Å². The Balaban J connectivity index is 1.73. The molecule has 2 aromatic carbocycles. The number of hydrogen-bond donors (Lipinski definition) is 1. The smallest absolute Gasteiger partial charge is 0.241 e. The minimum atomic E-state index is -3.62. The van der Waals surface area contributed by atoms with Crippen LogP contribution >= 0.6 is 15.9 Å². The summed E-state index contributed by atoms with van der Waals surface area (Å²) in [7, 11) is -3.62. The van der Waals surface area contributed by atoms with Crippen molar-refractivity contribution in [1.82, 2.24) is 14.9 Å². The van der Waals surface area contributed by atoms with Gasteiger partial charge in [-0.3, -0.25) is 9.10 Å². The molecule has 28 heavy (non-hydrogen) atoms. The summed E-state index contributed by atoms with van der Waals surface area (Å²) in [4.78, 5) is 16.5. The molecule has 9 heteroatoms. The van der Waals surface area contributed by atoms with E-state index in [-0.39, 0.29) is 13.1 Å². The van der Waals surface area contributed by atoms with Gasteiger partial charge in [0.1, 0.15) is 6.54 Å². The third-order valence-electron chi connectivity index (χ3n) is 4.03. The van der Waals surface area contributed by atoms with Crippen LogP contribution in [0.2, 0.25) is 0 Å². The fourth-order valence-electron chi connectivity index (χ4n) is 2.73. The molecule has 0 aliphatic carbocycles. The van der Waals surface area contributed by atoms with Gasteiger partial charge in [0.15, 0.2) is 0 Å². The standard InChI is InChI=1S/C19H19BrN4O3S/c1-28(26,27)24(17-7-4-6-16(20)11-17)13-19(25)22-12-15-5-2-3-8-18(15)23-10-9-21-14-23/h2-11,14H,12-13H2,1H3,(H,22,25). The van der Waals surface area contributed by atoms with Crippen LogP contribution in [0, 0.1) is 0 Å². The van der Waals surface area contributed by atoms with Gasteiger partial charge in [0, 0.05) is 23.4 Å². The zero-order chi connectivity index (χ0) is 20.1. The van der Waals surface area contributed by atoms with E-state index in [2.05, 4.69) is 26.2 Å². The van der Waals surface area contributed by atoms with Gasteiger partial charge in [-0.2, -0.15) is 0 Å². The Morgan fingerprint density at radius 3 is 2.68 bits per heavy atom. The second-order valence-electron chi connectivity index (χ2n) is 6.12. The number of halogens is 1. The SMILES string of the molecule is CS(=O)(=O)N(CC(=O)NCc1ccccc1-n1ccnc1)c1cccc(Br)c1. The number of carbonyl (C=O) groups is 1. The Morgan fingerprint density at radius 1 is 1.21 bits per heavy atom. The van der Waals surface area contributed by atoms with Crippen molar-refractivity contribution in [3.8, 4) is 5.69 Å². The highest BCUT2D eigenvalue weighted by Crippen LogP contribution is 2.22. The summed E-state index contributed by atoms with van der Waals surface area (Å²) in [5, 5.41) is 2.80. The maximum atomic E-state index is 12.5. The second-order valence-corrected chi connectivity index (χ2v) is 8.95. The molecule has 1 amide bonds. The zero-order valence-electron chi connectivity index (χ0n) is 15.1. The van der Waals surface area contributed by atoms with Gasteiger partial charge in [-0.25, -0.2) is 13.4 Å². The molecule has 0 unspecified atom stereocenters. The van der Waals surface area contributed by atoms with Crippen LogP contribution < -0.4 is 9.62 Å². The van der Waals surface area contributed by atoms with Crippen LogP contribution in [0.25, 0.3) is 5.69 Å². The molecule has 146 valence electrons. The van der Waals surface area contributed by atoms with Gasteiger partial charge < -0.3 is 9.88 Å². The van der Waals surface area contributed by atoms with Crippen molar-refractivity contribution in [2.45, 2.75) is 6.54 Å². The maximum Gasteiger partial charge on any atom is 0.241 e. The van der Waals surface area contributed by atoms with Crippen LogP contribution in [0.3, 0.4) is 0 Å². The summed E-state index contributed by atoms with van der Waals surface area (Å²) >= 11 is 3.32. The summed E-state index contributed by atoms with van der Waals surface area (Å²) in [6.07, 6.45) is 6.26. The largest absolute Gasteiger partial charge is 0.350 e. The molecule has 0 aliphatic heterocycles. The molecule has 0 bridgehead atoms. The highest BCUT2D eigenvalue weighted by atomic mass is 79.9. The van der Waals surface area contributed by atoms with E-state index in [4.69, 9.17) is 0 Å². The van der Waals surface area contributed by atoms with Crippen LogP contribution in [0.4, 0.5) is 5.69 Å². The lowest BCUT2D eigenvalue weighted by atomic mass is 10.1. The van der Waals surface area contributed by atoms with E-state index in [0.717, 1.165) is 26.3 Å². The lowest BCUT2D eigenvalue weighted by molar-refractivity contribution is -0.119. The van der Waals surface area contributed by atoms with Gasteiger partial charge >= 0.3 is 0 Å². The Hall–Kier alpha value is -2.65. The molecular weight excluding hydrogens is 444 g/mol. The van der Waals surface area contributed by atoms with E-state index in [9.17, 15) is 13.2 Å². The number of hydrogen-bond acceptors (Lipinski definition) is 4. The lowest BCUT2D eigenvalue weighted by Gasteiger charge is -2.22. The summed E-state index contributed by atoms with van der Waals surface area (Å²) in [5.74, 6) is -0.397. The van der Waals surface area contributed by atoms with Crippen LogP contribution in [0.5, 0.6) is 0 Å². The summed E-state index contributed by atoms with van der Waals surface area (Å²) in [6, 6.07) is 14.4. The fourth-order valence-corrected chi connectivity index (χ4v) is 3.96. The predicted molar refractivity (Wildman–Crippen MR) is 112 cm³/mol. The van der Waals surface area contributed by atoms with E-state index in [1.165, 1.54) is 0 Å². The molecule has 7 nitrogen and oxygen atoms in total. The summed E-state index contributed by atoms with van der Waals surface area (Å²) in [5.41, 5.74) is 2.21. The molecule has 1 aromatic heterocycles. The first-order valence-electron chi connectivity index (χ1n) is 8.41. The molecule has 0 spiro atoms. The average Bonchev–Trinajstić information content (AvgIpc) is 3.18. The first-order chi connectivity index (χ1) is 13.3. The first kappa shape index (κ1) is 20.1. The van der Waals surface area contributed by atoms with Gasteiger partial charge in [0.25, 0.3) is 0 Å². The molecule has 1 N–H and O–H groups in total. The van der Waals surface area contributed by atoms with E-state index in [1.54, 1.807) is 36.8 Å². The molecule has 3 aromatic rings. The van der Waals surface area contributed by atoms with Crippen molar-refractivity contribution in [2.24, 2.45) is 0 Å². The van der Waals surface area contributed by atoms with E-state index in [1.807, 2.05) is 35.0 Å². The van der Waals surface area contributed by atoms with Gasteiger partial charge in [0.2, 0.25) is 15.9 Å². The van der Waals surface area contributed by atoms with Gasteiger partial charge in [0.05, 0.1) is 24.0 Å². The van der Waals surface area contributed by atoms with Crippen molar-refractivity contribution < 1.29 is 13.2 Å². The highest BCUT2D eigenvalue weighted by molar-refractivity contribution is 9.10. The number of nitrogens with one attached hydrogen (secondary N) is 1. The number of carbonyl (C=O) groups excluding carboxylic acids is 1. The molecule has 1 heterocycles. The number of sulfonamides is 1. The third-order valence-corrected chi connectivity index (χ3v) is 5.67. The normalized spacial score (nSPS) is 11.2. The van der Waals surface area contributed by atoms with Crippen molar-refractivity contribution in [1.29, 1.82) is 0 Å². The summed E-state index contributed by atoms with van der Waals surface area (Å²) in [6.45, 7) is -0.0359. The van der Waals surface area contributed by atoms with Crippen molar-refractivity contribution in [3.05, 3.63) is 77.3 Å². The topological polar surface area (TPSA) is 84.3 Å². The molecule has 0 radical (unpaired) electrons. The molecule has 0 aliphatic rings. The molecule has 0 atom stereocenters. The minimum absolute atomic E-state index is 0.267. The number of imidazole rings is 1. The number of nitrogens with zero attached hydrogens (tertiary/aromatic N) is 3. The van der Waals surface area contributed by atoms with Crippen LogP contribution in [0.15, 0.2) is 71.7 Å². The Labute approximate surface area is 172 Å². The first-order valence-corrected chi connectivity index (χ1v) is 11.0. The fraction of sp³-hybridized carbons (Fsp3) is 0.158. The van der Waals surface area contributed by atoms with Crippen LogP contribution in [-0.4, -0.2) is 36.7 Å². The van der Waals surface area contributed by atoms with Crippen molar-refractivity contribution in [2.75, 3.05) is 17.1 Å². The van der Waals surface area contributed by atoms with Gasteiger partial charge in [-0.05, 0) is 29.8 Å². The number of aromatic nitrogens is 2. The number of rotatable bonds is 7. The zero-order valence-corrected chi connectivity index (χ0v) is 17.5. The van der Waals surface area contributed by atoms with Gasteiger partial charge in [-0.1, -0.05) is 40.2 Å². The van der Waals surface area contributed by atoms with Gasteiger partial charge in [-0.15, -0.1) is 0 Å². The number of anilines is 1. The van der Waals surface area contributed by atoms with Crippen molar-refractivity contribution >= 4 is 37.5 Å². The van der Waals surface area contributed by atoms with Crippen molar-refractivity contribution in [3.63, 3.8) is 0 Å². The Kier molecular flexibility index (Phi) is 6.15. The average molecular weight is 463 g/mol. The Bertz CT molecular complexity index is 1070. The molecule has 3 rings (SSSR count). The number of para-hydroxylation sites is 1. The third kappa shape index (κ3) is 4.99. The maximum absolute atomic E-state index is 12.5. The minimum Gasteiger partial charge on any atom is -0.350 e. The van der Waals surface area contributed by atoms with E-state index in [0.29, 0.717) is 5.69 Å². The second kappa shape index (κ2) is 8.57.